The molecule has 2 nitrogen and oxygen atoms in total. The molecule has 98 valence electrons. The second-order valence-electron chi connectivity index (χ2n) is 5.81. The van der Waals surface area contributed by atoms with Crippen molar-refractivity contribution in [1.82, 2.24) is 0 Å². The number of carbonyl (C=O) groups is 1. The minimum atomic E-state index is 0.200. The average molecular weight is 245 g/mol. The van der Waals surface area contributed by atoms with Crippen molar-refractivity contribution in [3.05, 3.63) is 30.3 Å². The van der Waals surface area contributed by atoms with Crippen molar-refractivity contribution < 1.29 is 4.79 Å². The van der Waals surface area contributed by atoms with E-state index in [0.29, 0.717) is 17.6 Å². The van der Waals surface area contributed by atoms with Crippen LogP contribution in [0.25, 0.3) is 0 Å². The van der Waals surface area contributed by atoms with Crippen molar-refractivity contribution in [3.8, 4) is 0 Å². The van der Waals surface area contributed by atoms with E-state index in [4.69, 9.17) is 0 Å². The van der Waals surface area contributed by atoms with Gasteiger partial charge in [-0.1, -0.05) is 32.0 Å². The van der Waals surface area contributed by atoms with E-state index in [9.17, 15) is 4.79 Å². The van der Waals surface area contributed by atoms with Crippen molar-refractivity contribution in [3.63, 3.8) is 0 Å². The molecule has 2 rings (SSSR count). The lowest BCUT2D eigenvalue weighted by Gasteiger charge is -2.34. The molecule has 0 radical (unpaired) electrons. The molecule has 0 N–H and O–H groups in total. The summed E-state index contributed by atoms with van der Waals surface area (Å²) >= 11 is 0. The fraction of sp³-hybridized carbons (Fsp3) is 0.562. The van der Waals surface area contributed by atoms with Gasteiger partial charge in [-0.05, 0) is 30.4 Å². The van der Waals surface area contributed by atoms with E-state index in [-0.39, 0.29) is 5.92 Å². The highest BCUT2D eigenvalue weighted by Gasteiger charge is 2.32. The molecule has 0 heterocycles. The van der Waals surface area contributed by atoms with Crippen molar-refractivity contribution in [2.45, 2.75) is 26.7 Å². The van der Waals surface area contributed by atoms with Gasteiger partial charge in [-0.15, -0.1) is 0 Å². The van der Waals surface area contributed by atoms with Gasteiger partial charge in [0.05, 0.1) is 0 Å². The number of Topliss-reactive ketones (excluding diaryl/α,β-unsaturated/α-hetero) is 1. The molecule has 18 heavy (non-hydrogen) atoms. The third-order valence-corrected chi connectivity index (χ3v) is 4.09. The van der Waals surface area contributed by atoms with Crippen LogP contribution in [0, 0.1) is 17.8 Å². The minimum Gasteiger partial charge on any atom is -0.374 e. The number of nitrogens with zero attached hydrogens (tertiary/aromatic N) is 1. The Kier molecular flexibility index (Phi) is 4.05. The van der Waals surface area contributed by atoms with E-state index >= 15 is 0 Å². The Labute approximate surface area is 110 Å². The van der Waals surface area contributed by atoms with Crippen molar-refractivity contribution in [1.29, 1.82) is 0 Å². The van der Waals surface area contributed by atoms with Crippen molar-refractivity contribution in [2.75, 3.05) is 18.5 Å². The minimum absolute atomic E-state index is 0.200. The molecule has 0 aromatic heterocycles. The third kappa shape index (κ3) is 2.92. The Morgan fingerprint density at radius 3 is 2.50 bits per heavy atom. The Hall–Kier alpha value is -1.31. The first kappa shape index (κ1) is 13.1. The van der Waals surface area contributed by atoms with E-state index in [1.807, 2.05) is 18.2 Å². The number of hydrogen-bond acceptors (Lipinski definition) is 2. The van der Waals surface area contributed by atoms with Crippen LogP contribution in [0.4, 0.5) is 5.69 Å². The zero-order chi connectivity index (χ0) is 13.1. The molecule has 0 saturated heterocycles. The van der Waals surface area contributed by atoms with Crippen LogP contribution in [0.1, 0.15) is 26.7 Å². The molecule has 0 spiro atoms. The second kappa shape index (κ2) is 5.55. The van der Waals surface area contributed by atoms with Crippen molar-refractivity contribution >= 4 is 11.5 Å². The van der Waals surface area contributed by atoms with Crippen LogP contribution in [0.2, 0.25) is 0 Å². The van der Waals surface area contributed by atoms with Crippen molar-refractivity contribution in [2.24, 2.45) is 17.8 Å². The summed E-state index contributed by atoms with van der Waals surface area (Å²) in [7, 11) is 2.08. The van der Waals surface area contributed by atoms with Crippen LogP contribution >= 0.6 is 0 Å². The van der Waals surface area contributed by atoms with E-state index in [0.717, 1.165) is 13.0 Å². The van der Waals surface area contributed by atoms with E-state index in [1.165, 1.54) is 12.1 Å². The topological polar surface area (TPSA) is 20.3 Å². The summed E-state index contributed by atoms with van der Waals surface area (Å²) in [5.74, 6) is 1.72. The first-order valence-electron chi connectivity index (χ1n) is 6.87. The van der Waals surface area contributed by atoms with Gasteiger partial charge < -0.3 is 4.90 Å². The van der Waals surface area contributed by atoms with Crippen LogP contribution in [0.3, 0.4) is 0 Å². The molecule has 1 saturated carbocycles. The summed E-state index contributed by atoms with van der Waals surface area (Å²) in [5, 5.41) is 0. The molecule has 0 bridgehead atoms. The zero-order valence-electron chi connectivity index (χ0n) is 11.6. The molecule has 0 amide bonds. The standard InChI is InChI=1S/C16H23NO/c1-12-9-13(2)15(16(18)10-12)11-17(3)14-7-5-4-6-8-14/h4-8,12-13,15H,9-11H2,1-3H3. The number of carbonyl (C=O) groups excluding carboxylic acids is 1. The summed E-state index contributed by atoms with van der Waals surface area (Å²) in [4.78, 5) is 14.4. The predicted octanol–water partition coefficient (Wildman–Crippen LogP) is 3.37. The maximum Gasteiger partial charge on any atom is 0.138 e. The number of benzene rings is 1. The molecule has 1 aromatic carbocycles. The van der Waals surface area contributed by atoms with Gasteiger partial charge in [0.15, 0.2) is 0 Å². The Morgan fingerprint density at radius 2 is 1.89 bits per heavy atom. The average Bonchev–Trinajstić information content (AvgIpc) is 2.34. The number of para-hydroxylation sites is 1. The van der Waals surface area contributed by atoms with Gasteiger partial charge in [-0.3, -0.25) is 4.79 Å². The van der Waals surface area contributed by atoms with Gasteiger partial charge >= 0.3 is 0 Å². The quantitative estimate of drug-likeness (QED) is 0.813. The summed E-state index contributed by atoms with van der Waals surface area (Å²) < 4.78 is 0. The molecule has 0 aliphatic heterocycles. The third-order valence-electron chi connectivity index (χ3n) is 4.09. The first-order chi connectivity index (χ1) is 8.58. The second-order valence-corrected chi connectivity index (χ2v) is 5.81. The highest BCUT2D eigenvalue weighted by molar-refractivity contribution is 5.83. The van der Waals surface area contributed by atoms with Gasteiger partial charge in [0, 0.05) is 31.6 Å². The molecule has 2 heteroatoms. The molecule has 1 aliphatic carbocycles. The summed E-state index contributed by atoms with van der Waals surface area (Å²) in [6.45, 7) is 5.25. The Bertz CT molecular complexity index is 401. The van der Waals surface area contributed by atoms with Gasteiger partial charge in [-0.2, -0.15) is 0 Å². The molecule has 3 unspecified atom stereocenters. The monoisotopic (exact) mass is 245 g/mol. The number of ketones is 1. The van der Waals surface area contributed by atoms with Crippen LogP contribution in [0.5, 0.6) is 0 Å². The largest absolute Gasteiger partial charge is 0.374 e. The summed E-state index contributed by atoms with van der Waals surface area (Å²) in [5.41, 5.74) is 1.19. The molecular formula is C16H23NO. The van der Waals surface area contributed by atoms with Crippen LogP contribution in [-0.4, -0.2) is 19.4 Å². The summed E-state index contributed by atoms with van der Waals surface area (Å²) in [6, 6.07) is 10.3. The fourth-order valence-electron chi connectivity index (χ4n) is 3.06. The van der Waals surface area contributed by atoms with E-state index in [1.54, 1.807) is 0 Å². The normalized spacial score (nSPS) is 28.2. The first-order valence-corrected chi connectivity index (χ1v) is 6.87. The maximum atomic E-state index is 12.2. The highest BCUT2D eigenvalue weighted by atomic mass is 16.1. The lowest BCUT2D eigenvalue weighted by molar-refractivity contribution is -0.127. The van der Waals surface area contributed by atoms with E-state index < -0.39 is 0 Å². The van der Waals surface area contributed by atoms with Crippen LogP contribution in [-0.2, 0) is 4.79 Å². The smallest absolute Gasteiger partial charge is 0.138 e. The Balaban J connectivity index is 2.02. The number of rotatable bonds is 3. The number of hydrogen-bond donors (Lipinski definition) is 0. The van der Waals surface area contributed by atoms with E-state index in [2.05, 4.69) is 37.9 Å². The van der Waals surface area contributed by atoms with Crippen LogP contribution < -0.4 is 4.90 Å². The lowest BCUT2D eigenvalue weighted by atomic mass is 9.74. The highest BCUT2D eigenvalue weighted by Crippen LogP contribution is 2.32. The van der Waals surface area contributed by atoms with Gasteiger partial charge in [0.2, 0.25) is 0 Å². The molecular weight excluding hydrogens is 222 g/mol. The Morgan fingerprint density at radius 1 is 1.22 bits per heavy atom. The lowest BCUT2D eigenvalue weighted by Crippen LogP contribution is -2.38. The predicted molar refractivity (Wildman–Crippen MR) is 75.8 cm³/mol. The molecule has 1 aromatic rings. The summed E-state index contributed by atoms with van der Waals surface area (Å²) in [6.07, 6.45) is 1.94. The zero-order valence-corrected chi connectivity index (χ0v) is 11.6. The fourth-order valence-corrected chi connectivity index (χ4v) is 3.06. The van der Waals surface area contributed by atoms with Gasteiger partial charge in [0.25, 0.3) is 0 Å². The van der Waals surface area contributed by atoms with Crippen LogP contribution in [0.15, 0.2) is 30.3 Å². The SMILES string of the molecule is CC1CC(=O)C(CN(C)c2ccccc2)C(C)C1. The molecule has 1 aliphatic rings. The van der Waals surface area contributed by atoms with Gasteiger partial charge in [0.1, 0.15) is 5.78 Å². The number of anilines is 1. The molecule has 1 fully saturated rings. The van der Waals surface area contributed by atoms with Gasteiger partial charge in [-0.25, -0.2) is 0 Å². The molecule has 3 atom stereocenters. The maximum absolute atomic E-state index is 12.2.